The van der Waals surface area contributed by atoms with E-state index in [1.54, 1.807) is 0 Å². The molecule has 17 heavy (non-hydrogen) atoms. The second-order valence-corrected chi connectivity index (χ2v) is 4.71. The first kappa shape index (κ1) is 12.3. The molecular weight excluding hydrogens is 212 g/mol. The molecule has 1 aromatic heterocycles. The van der Waals surface area contributed by atoms with E-state index < -0.39 is 0 Å². The van der Waals surface area contributed by atoms with E-state index in [9.17, 15) is 0 Å². The highest BCUT2D eigenvalue weighted by molar-refractivity contribution is 5.22. The number of rotatable bonds is 3. The van der Waals surface area contributed by atoms with E-state index in [0.717, 1.165) is 12.1 Å². The van der Waals surface area contributed by atoms with Gasteiger partial charge < -0.3 is 0 Å². The van der Waals surface area contributed by atoms with Crippen molar-refractivity contribution in [3.05, 3.63) is 29.6 Å². The number of hydrogen-bond acceptors (Lipinski definition) is 3. The van der Waals surface area contributed by atoms with E-state index in [1.807, 2.05) is 24.0 Å². The van der Waals surface area contributed by atoms with Crippen LogP contribution in [0.2, 0.25) is 0 Å². The number of nitrogens with one attached hydrogen (secondary N) is 1. The monoisotopic (exact) mass is 234 g/mol. The van der Waals surface area contributed by atoms with Crippen molar-refractivity contribution in [3.63, 3.8) is 0 Å². The number of aromatic nitrogens is 2. The second kappa shape index (κ2) is 5.98. The van der Waals surface area contributed by atoms with Crippen molar-refractivity contribution in [2.24, 2.45) is 12.9 Å². The molecule has 0 saturated carbocycles. The Balaban J connectivity index is 2.19. The van der Waals surface area contributed by atoms with Gasteiger partial charge in [0.2, 0.25) is 0 Å². The van der Waals surface area contributed by atoms with Crippen LogP contribution < -0.4 is 11.3 Å². The van der Waals surface area contributed by atoms with Crippen molar-refractivity contribution in [1.29, 1.82) is 0 Å². The Hall–Kier alpha value is -1.13. The van der Waals surface area contributed by atoms with E-state index in [0.29, 0.717) is 0 Å². The third-order valence-electron chi connectivity index (χ3n) is 3.52. The number of hydrogen-bond donors (Lipinski definition) is 2. The average molecular weight is 234 g/mol. The van der Waals surface area contributed by atoms with Gasteiger partial charge in [0.25, 0.3) is 0 Å². The molecule has 2 rings (SSSR count). The number of allylic oxidation sites excluding steroid dienone is 1. The first-order chi connectivity index (χ1) is 8.33. The molecule has 1 aliphatic carbocycles. The van der Waals surface area contributed by atoms with E-state index >= 15 is 0 Å². The molecule has 3 N–H and O–H groups in total. The van der Waals surface area contributed by atoms with Gasteiger partial charge in [-0.2, -0.15) is 5.10 Å². The number of aryl methyl sites for hydroxylation is 1. The molecule has 0 fully saturated rings. The molecule has 1 heterocycles. The Morgan fingerprint density at radius 2 is 2.18 bits per heavy atom. The molecule has 4 nitrogen and oxygen atoms in total. The van der Waals surface area contributed by atoms with Gasteiger partial charge in [-0.25, -0.2) is 5.43 Å². The van der Waals surface area contributed by atoms with Crippen LogP contribution in [0.15, 0.2) is 23.9 Å². The van der Waals surface area contributed by atoms with Gasteiger partial charge in [-0.15, -0.1) is 0 Å². The lowest BCUT2D eigenvalue weighted by Crippen LogP contribution is -2.31. The summed E-state index contributed by atoms with van der Waals surface area (Å²) < 4.78 is 1.89. The summed E-state index contributed by atoms with van der Waals surface area (Å²) in [5.41, 5.74) is 5.49. The Morgan fingerprint density at radius 1 is 1.35 bits per heavy atom. The van der Waals surface area contributed by atoms with Gasteiger partial charge in [-0.1, -0.05) is 24.5 Å². The van der Waals surface area contributed by atoms with Gasteiger partial charge >= 0.3 is 0 Å². The summed E-state index contributed by atoms with van der Waals surface area (Å²) in [6.07, 6.45) is 11.7. The van der Waals surface area contributed by atoms with Crippen LogP contribution in [0.1, 0.15) is 50.3 Å². The number of hydrazine groups is 1. The third kappa shape index (κ3) is 2.96. The molecule has 1 aliphatic rings. The lowest BCUT2D eigenvalue weighted by atomic mass is 9.93. The quantitative estimate of drug-likeness (QED) is 0.479. The van der Waals surface area contributed by atoms with Gasteiger partial charge in [0.1, 0.15) is 0 Å². The molecule has 1 unspecified atom stereocenters. The van der Waals surface area contributed by atoms with Crippen LogP contribution in [0.3, 0.4) is 0 Å². The van der Waals surface area contributed by atoms with Crippen LogP contribution >= 0.6 is 0 Å². The maximum absolute atomic E-state index is 5.72. The average Bonchev–Trinajstić information content (AvgIpc) is 2.69. The zero-order valence-electron chi connectivity index (χ0n) is 10.5. The van der Waals surface area contributed by atoms with E-state index in [1.165, 1.54) is 37.7 Å². The maximum atomic E-state index is 5.72. The smallest absolute Gasteiger partial charge is 0.0838 e. The lowest BCUT2D eigenvalue weighted by molar-refractivity contribution is 0.526. The van der Waals surface area contributed by atoms with Crippen LogP contribution in [-0.4, -0.2) is 9.78 Å². The van der Waals surface area contributed by atoms with Crippen molar-refractivity contribution in [2.45, 2.75) is 44.6 Å². The molecule has 1 atom stereocenters. The normalized spacial score (nSPS) is 22.4. The molecule has 0 aromatic carbocycles. The molecule has 94 valence electrons. The minimum absolute atomic E-state index is 0.112. The fourth-order valence-electron chi connectivity index (χ4n) is 2.53. The molecular formula is C13H22N4. The predicted molar refractivity (Wildman–Crippen MR) is 69.1 cm³/mol. The molecule has 0 aliphatic heterocycles. The van der Waals surface area contributed by atoms with Crippen molar-refractivity contribution in [3.8, 4) is 0 Å². The SMILES string of the molecule is Cn1nccc1C(NN)/C1=C/CCCCCC1. The van der Waals surface area contributed by atoms with Gasteiger partial charge in [0.05, 0.1) is 11.7 Å². The molecule has 1 aromatic rings. The Morgan fingerprint density at radius 3 is 2.88 bits per heavy atom. The molecule has 4 heteroatoms. The lowest BCUT2D eigenvalue weighted by Gasteiger charge is -2.21. The van der Waals surface area contributed by atoms with Crippen molar-refractivity contribution < 1.29 is 0 Å². The van der Waals surface area contributed by atoms with Crippen LogP contribution in [-0.2, 0) is 7.05 Å². The second-order valence-electron chi connectivity index (χ2n) is 4.71. The zero-order chi connectivity index (χ0) is 12.1. The van der Waals surface area contributed by atoms with Crippen molar-refractivity contribution in [2.75, 3.05) is 0 Å². The summed E-state index contributed by atoms with van der Waals surface area (Å²) >= 11 is 0. The number of nitrogens with zero attached hydrogens (tertiary/aromatic N) is 2. The van der Waals surface area contributed by atoms with Crippen LogP contribution in [0.25, 0.3) is 0 Å². The Bertz CT molecular complexity index is 381. The maximum Gasteiger partial charge on any atom is 0.0838 e. The van der Waals surface area contributed by atoms with Gasteiger partial charge in [0, 0.05) is 13.2 Å². The largest absolute Gasteiger partial charge is 0.271 e. The topological polar surface area (TPSA) is 55.9 Å². The van der Waals surface area contributed by atoms with Crippen LogP contribution in [0.4, 0.5) is 0 Å². The summed E-state index contributed by atoms with van der Waals surface area (Å²) in [5.74, 6) is 5.72. The van der Waals surface area contributed by atoms with E-state index in [4.69, 9.17) is 5.84 Å². The first-order valence-corrected chi connectivity index (χ1v) is 6.46. The van der Waals surface area contributed by atoms with Crippen LogP contribution in [0, 0.1) is 0 Å². The predicted octanol–water partition coefficient (Wildman–Crippen LogP) is 2.21. The van der Waals surface area contributed by atoms with Crippen molar-refractivity contribution in [1.82, 2.24) is 15.2 Å². The van der Waals surface area contributed by atoms with Gasteiger partial charge in [-0.05, 0) is 31.7 Å². The highest BCUT2D eigenvalue weighted by Gasteiger charge is 2.18. The fraction of sp³-hybridized carbons (Fsp3) is 0.615. The standard InChI is InChI=1S/C13H22N4/c1-17-12(9-10-15-17)13(16-14)11-7-5-3-2-4-6-8-11/h7,9-10,13,16H,2-6,8,14H2,1H3/b11-7+. The third-order valence-corrected chi connectivity index (χ3v) is 3.52. The Kier molecular flexibility index (Phi) is 4.34. The summed E-state index contributed by atoms with van der Waals surface area (Å²) in [6, 6.07) is 2.14. The van der Waals surface area contributed by atoms with E-state index in [2.05, 4.69) is 16.6 Å². The van der Waals surface area contributed by atoms with Crippen molar-refractivity contribution >= 4 is 0 Å². The first-order valence-electron chi connectivity index (χ1n) is 6.46. The molecule has 0 spiro atoms. The summed E-state index contributed by atoms with van der Waals surface area (Å²) in [5, 5.41) is 4.22. The fourth-order valence-corrected chi connectivity index (χ4v) is 2.53. The van der Waals surface area contributed by atoms with E-state index in [-0.39, 0.29) is 6.04 Å². The molecule has 0 amide bonds. The summed E-state index contributed by atoms with van der Waals surface area (Å²) in [4.78, 5) is 0. The summed E-state index contributed by atoms with van der Waals surface area (Å²) in [6.45, 7) is 0. The zero-order valence-corrected chi connectivity index (χ0v) is 10.5. The Labute approximate surface area is 103 Å². The van der Waals surface area contributed by atoms with Gasteiger partial charge in [0.15, 0.2) is 0 Å². The number of nitrogens with two attached hydrogens (primary N) is 1. The minimum Gasteiger partial charge on any atom is -0.271 e. The summed E-state index contributed by atoms with van der Waals surface area (Å²) in [7, 11) is 1.96. The highest BCUT2D eigenvalue weighted by atomic mass is 15.3. The molecule has 0 bridgehead atoms. The minimum atomic E-state index is 0.112. The highest BCUT2D eigenvalue weighted by Crippen LogP contribution is 2.27. The van der Waals surface area contributed by atoms with Crippen LogP contribution in [0.5, 0.6) is 0 Å². The molecule has 0 saturated heterocycles. The van der Waals surface area contributed by atoms with Gasteiger partial charge in [-0.3, -0.25) is 10.5 Å². The molecule has 0 radical (unpaired) electrons.